The van der Waals surface area contributed by atoms with E-state index < -0.39 is 0 Å². The number of rotatable bonds is 4. The zero-order chi connectivity index (χ0) is 31.0. The van der Waals surface area contributed by atoms with Crippen molar-refractivity contribution in [2.75, 3.05) is 0 Å². The van der Waals surface area contributed by atoms with E-state index in [2.05, 4.69) is 171 Å². The molecule has 9 rings (SSSR count). The first-order chi connectivity index (χ1) is 22.5. The smallest absolute Gasteiger partial charge is 0.0547 e. The van der Waals surface area contributed by atoms with Gasteiger partial charge in [-0.1, -0.05) is 135 Å². The third kappa shape index (κ3) is 3.88. The van der Waals surface area contributed by atoms with Gasteiger partial charge in [-0.15, -0.1) is 0 Å². The molecule has 0 fully saturated rings. The van der Waals surface area contributed by atoms with E-state index in [1.54, 1.807) is 0 Å². The zero-order valence-corrected chi connectivity index (χ0v) is 26.5. The fourth-order valence-corrected chi connectivity index (χ4v) is 8.26. The molecule has 1 aromatic heterocycles. The number of para-hydroxylation sites is 1. The Bertz CT molecular complexity index is 2470. The number of aryl methyl sites for hydroxylation is 1. The van der Waals surface area contributed by atoms with Gasteiger partial charge >= 0.3 is 0 Å². The minimum atomic E-state index is -0.132. The Labute approximate surface area is 270 Å². The predicted molar refractivity (Wildman–Crippen MR) is 195 cm³/mol. The molecule has 1 nitrogen and oxygen atoms in total. The lowest BCUT2D eigenvalue weighted by atomic mass is 9.79. The van der Waals surface area contributed by atoms with E-state index in [4.69, 9.17) is 0 Å². The van der Waals surface area contributed by atoms with Crippen LogP contribution in [0.15, 0.2) is 146 Å². The molecule has 0 amide bonds. The first-order valence-corrected chi connectivity index (χ1v) is 16.3. The third-order valence-electron chi connectivity index (χ3n) is 10.3. The van der Waals surface area contributed by atoms with E-state index in [0.29, 0.717) is 0 Å². The lowest BCUT2D eigenvalue weighted by Gasteiger charge is -2.23. The SMILES string of the molecule is Cc1ccc2c(c1-c1ccccc1Cc1ccc3ccccc3c1)c1c3c(ccc1n2-c1ccccc1)-c1ccccc1C3(C)C. The highest BCUT2D eigenvalue weighted by Gasteiger charge is 2.38. The minimum absolute atomic E-state index is 0.132. The van der Waals surface area contributed by atoms with Crippen LogP contribution in [-0.4, -0.2) is 4.57 Å². The molecule has 0 atom stereocenters. The minimum Gasteiger partial charge on any atom is -0.309 e. The van der Waals surface area contributed by atoms with Crippen molar-refractivity contribution >= 4 is 32.6 Å². The molecule has 1 aliphatic carbocycles. The van der Waals surface area contributed by atoms with Crippen LogP contribution in [0.25, 0.3) is 60.5 Å². The summed E-state index contributed by atoms with van der Waals surface area (Å²) in [6, 6.07) is 53.9. The Morgan fingerprint density at radius 2 is 1.22 bits per heavy atom. The van der Waals surface area contributed by atoms with Crippen LogP contribution in [0.5, 0.6) is 0 Å². The summed E-state index contributed by atoms with van der Waals surface area (Å²) in [7, 11) is 0. The van der Waals surface area contributed by atoms with E-state index >= 15 is 0 Å². The quantitative estimate of drug-likeness (QED) is 0.192. The second-order valence-corrected chi connectivity index (χ2v) is 13.4. The van der Waals surface area contributed by atoms with Gasteiger partial charge in [-0.3, -0.25) is 0 Å². The number of hydrogen-bond acceptors (Lipinski definition) is 0. The summed E-state index contributed by atoms with van der Waals surface area (Å²) >= 11 is 0. The second kappa shape index (κ2) is 10.1. The van der Waals surface area contributed by atoms with Crippen LogP contribution in [-0.2, 0) is 11.8 Å². The van der Waals surface area contributed by atoms with Gasteiger partial charge in [0.1, 0.15) is 0 Å². The van der Waals surface area contributed by atoms with Crippen LogP contribution in [0.1, 0.15) is 41.7 Å². The van der Waals surface area contributed by atoms with Crippen LogP contribution < -0.4 is 0 Å². The maximum Gasteiger partial charge on any atom is 0.0547 e. The lowest BCUT2D eigenvalue weighted by molar-refractivity contribution is 0.666. The van der Waals surface area contributed by atoms with E-state index in [1.165, 1.54) is 88.3 Å². The third-order valence-corrected chi connectivity index (χ3v) is 10.3. The molecule has 1 heteroatoms. The number of hydrogen-bond donors (Lipinski definition) is 0. The molecule has 1 aliphatic rings. The number of benzene rings is 7. The molecule has 0 spiro atoms. The molecule has 0 saturated heterocycles. The van der Waals surface area contributed by atoms with Crippen molar-refractivity contribution in [1.82, 2.24) is 4.57 Å². The van der Waals surface area contributed by atoms with Gasteiger partial charge in [0.2, 0.25) is 0 Å². The molecule has 0 aliphatic heterocycles. The summed E-state index contributed by atoms with van der Waals surface area (Å²) in [4.78, 5) is 0. The topological polar surface area (TPSA) is 4.93 Å². The van der Waals surface area contributed by atoms with Crippen molar-refractivity contribution in [1.29, 1.82) is 0 Å². The first-order valence-electron chi connectivity index (χ1n) is 16.3. The first kappa shape index (κ1) is 27.0. The fourth-order valence-electron chi connectivity index (χ4n) is 8.26. The number of nitrogens with zero attached hydrogens (tertiary/aromatic N) is 1. The summed E-state index contributed by atoms with van der Waals surface area (Å²) in [6.45, 7) is 7.11. The lowest BCUT2D eigenvalue weighted by Crippen LogP contribution is -2.15. The van der Waals surface area contributed by atoms with Gasteiger partial charge in [0.05, 0.1) is 11.0 Å². The summed E-state index contributed by atoms with van der Waals surface area (Å²) < 4.78 is 2.49. The van der Waals surface area contributed by atoms with E-state index in [1.807, 2.05) is 0 Å². The largest absolute Gasteiger partial charge is 0.309 e. The molecule has 0 bridgehead atoms. The van der Waals surface area contributed by atoms with Crippen molar-refractivity contribution in [2.45, 2.75) is 32.6 Å². The van der Waals surface area contributed by atoms with Gasteiger partial charge in [-0.2, -0.15) is 0 Å². The zero-order valence-electron chi connectivity index (χ0n) is 26.5. The second-order valence-electron chi connectivity index (χ2n) is 13.4. The number of aromatic nitrogens is 1. The van der Waals surface area contributed by atoms with Crippen molar-refractivity contribution < 1.29 is 0 Å². The average Bonchev–Trinajstić information content (AvgIpc) is 3.54. The normalized spacial score (nSPS) is 13.4. The monoisotopic (exact) mass is 589 g/mol. The Hall–Kier alpha value is -5.40. The highest BCUT2D eigenvalue weighted by Crippen LogP contribution is 2.54. The maximum absolute atomic E-state index is 2.49. The van der Waals surface area contributed by atoms with Crippen LogP contribution in [0.2, 0.25) is 0 Å². The van der Waals surface area contributed by atoms with Gasteiger partial charge in [0.15, 0.2) is 0 Å². The summed E-state index contributed by atoms with van der Waals surface area (Å²) in [5, 5.41) is 5.30. The highest BCUT2D eigenvalue weighted by molar-refractivity contribution is 6.20. The molecule has 8 aromatic rings. The molecular weight excluding hydrogens is 555 g/mol. The Morgan fingerprint density at radius 3 is 2.07 bits per heavy atom. The van der Waals surface area contributed by atoms with Crippen molar-refractivity contribution in [3.05, 3.63) is 173 Å². The summed E-state index contributed by atoms with van der Waals surface area (Å²) in [5.41, 5.74) is 15.8. The average molecular weight is 590 g/mol. The molecule has 220 valence electrons. The van der Waals surface area contributed by atoms with Gasteiger partial charge in [-0.25, -0.2) is 0 Å². The molecule has 0 unspecified atom stereocenters. The van der Waals surface area contributed by atoms with Crippen molar-refractivity contribution in [3.8, 4) is 27.9 Å². The molecule has 0 N–H and O–H groups in total. The van der Waals surface area contributed by atoms with Crippen molar-refractivity contribution in [2.24, 2.45) is 0 Å². The van der Waals surface area contributed by atoms with Gasteiger partial charge in [0.25, 0.3) is 0 Å². The van der Waals surface area contributed by atoms with Crippen LogP contribution in [0.4, 0.5) is 0 Å². The standard InChI is InChI=1S/C45H35N/c1-29-21-25-39-42(41(29)35-18-10-9-15-33(35)28-30-22-23-31-13-7-8-14-32(31)27-30)43-40(46(39)34-16-5-4-6-17-34)26-24-37-36-19-11-12-20-38(36)45(2,3)44(37)43/h4-27H,28H2,1-3H3. The summed E-state index contributed by atoms with van der Waals surface area (Å²) in [6.07, 6.45) is 0.878. The highest BCUT2D eigenvalue weighted by atomic mass is 15.0. The van der Waals surface area contributed by atoms with Gasteiger partial charge in [-0.05, 0) is 98.5 Å². The van der Waals surface area contributed by atoms with Crippen LogP contribution in [0, 0.1) is 6.92 Å². The molecule has 46 heavy (non-hydrogen) atoms. The van der Waals surface area contributed by atoms with Crippen LogP contribution >= 0.6 is 0 Å². The summed E-state index contributed by atoms with van der Waals surface area (Å²) in [5.74, 6) is 0. The Kier molecular flexibility index (Phi) is 5.89. The van der Waals surface area contributed by atoms with Crippen molar-refractivity contribution in [3.63, 3.8) is 0 Å². The van der Waals surface area contributed by atoms with E-state index in [9.17, 15) is 0 Å². The van der Waals surface area contributed by atoms with Gasteiger partial charge in [0, 0.05) is 21.9 Å². The van der Waals surface area contributed by atoms with Crippen LogP contribution in [0.3, 0.4) is 0 Å². The molecule has 0 radical (unpaired) electrons. The van der Waals surface area contributed by atoms with E-state index in [0.717, 1.165) is 6.42 Å². The van der Waals surface area contributed by atoms with Gasteiger partial charge < -0.3 is 4.57 Å². The number of fused-ring (bicyclic) bond motifs is 8. The maximum atomic E-state index is 2.49. The van der Waals surface area contributed by atoms with E-state index in [-0.39, 0.29) is 5.41 Å². The molecule has 0 saturated carbocycles. The Balaban J connectivity index is 1.37. The predicted octanol–water partition coefficient (Wildman–Crippen LogP) is 11.8. The molecule has 7 aromatic carbocycles. The fraction of sp³-hybridized carbons (Fsp3) is 0.111. The Morgan fingerprint density at radius 1 is 0.543 bits per heavy atom. The molecular formula is C45H35N. The molecule has 1 heterocycles.